The predicted molar refractivity (Wildman–Crippen MR) is 67.7 cm³/mol. The van der Waals surface area contributed by atoms with Crippen LogP contribution in [0.25, 0.3) is 0 Å². The zero-order valence-corrected chi connectivity index (χ0v) is 11.1. The van der Waals surface area contributed by atoms with Gasteiger partial charge in [0.1, 0.15) is 0 Å². The summed E-state index contributed by atoms with van der Waals surface area (Å²) in [6.07, 6.45) is 1.08. The first kappa shape index (κ1) is 11.0. The summed E-state index contributed by atoms with van der Waals surface area (Å²) in [5.74, 6) is 1.65. The van der Waals surface area contributed by atoms with E-state index < -0.39 is 0 Å². The molecule has 0 aliphatic carbocycles. The summed E-state index contributed by atoms with van der Waals surface area (Å²) in [6, 6.07) is 4.18. The van der Waals surface area contributed by atoms with Crippen LogP contribution in [0.4, 0.5) is 0 Å². The average Bonchev–Trinajstić information content (AvgIpc) is 2.27. The van der Waals surface area contributed by atoms with Crippen LogP contribution >= 0.6 is 22.9 Å². The number of benzene rings is 1. The molecule has 1 heterocycles. The maximum atomic E-state index is 5.29. The molecule has 3 nitrogen and oxygen atoms in total. The third-order valence-corrected chi connectivity index (χ3v) is 3.50. The number of methoxy groups -OCH3 is 2. The van der Waals surface area contributed by atoms with E-state index in [2.05, 4.69) is 38.1 Å². The van der Waals surface area contributed by atoms with E-state index in [1.165, 1.54) is 11.1 Å². The molecule has 2 rings (SSSR count). The van der Waals surface area contributed by atoms with Gasteiger partial charge in [0.15, 0.2) is 11.5 Å². The molecule has 0 spiro atoms. The minimum atomic E-state index is 0.822. The topological polar surface area (TPSA) is 21.7 Å². The quantitative estimate of drug-likeness (QED) is 0.617. The molecule has 82 valence electrons. The normalized spacial score (nSPS) is 15.9. The third-order valence-electron chi connectivity index (χ3n) is 2.67. The Morgan fingerprint density at radius 1 is 1.13 bits per heavy atom. The second kappa shape index (κ2) is 4.57. The lowest BCUT2D eigenvalue weighted by atomic mass is 10.0. The van der Waals surface area contributed by atoms with Crippen LogP contribution in [-0.2, 0) is 13.0 Å². The van der Waals surface area contributed by atoms with Gasteiger partial charge in [-0.1, -0.05) is 0 Å². The maximum absolute atomic E-state index is 5.29. The summed E-state index contributed by atoms with van der Waals surface area (Å²) >= 11 is 2.36. The van der Waals surface area contributed by atoms with E-state index in [9.17, 15) is 0 Å². The molecule has 0 saturated heterocycles. The summed E-state index contributed by atoms with van der Waals surface area (Å²) in [4.78, 5) is 0. The van der Waals surface area contributed by atoms with E-state index in [1.807, 2.05) is 0 Å². The van der Waals surface area contributed by atoms with Gasteiger partial charge >= 0.3 is 0 Å². The van der Waals surface area contributed by atoms with Crippen LogP contribution in [0.3, 0.4) is 0 Å². The molecule has 0 aromatic heterocycles. The first-order valence-electron chi connectivity index (χ1n) is 4.89. The Hall–Kier alpha value is -0.490. The van der Waals surface area contributed by atoms with Crippen molar-refractivity contribution in [2.24, 2.45) is 0 Å². The zero-order valence-electron chi connectivity index (χ0n) is 8.92. The van der Waals surface area contributed by atoms with Gasteiger partial charge in [0, 0.05) is 36.0 Å². The van der Waals surface area contributed by atoms with Crippen molar-refractivity contribution in [1.82, 2.24) is 3.11 Å². The molecule has 1 aromatic rings. The van der Waals surface area contributed by atoms with E-state index in [1.54, 1.807) is 14.2 Å². The highest BCUT2D eigenvalue weighted by Gasteiger charge is 2.17. The smallest absolute Gasteiger partial charge is 0.161 e. The van der Waals surface area contributed by atoms with Crippen LogP contribution in [0.2, 0.25) is 0 Å². The molecule has 0 saturated carbocycles. The van der Waals surface area contributed by atoms with E-state index >= 15 is 0 Å². The molecule has 0 fully saturated rings. The SMILES string of the molecule is COc1cc2c(cc1OC)CN(I)CC2. The highest BCUT2D eigenvalue weighted by atomic mass is 127. The van der Waals surface area contributed by atoms with Crippen molar-refractivity contribution in [3.05, 3.63) is 23.3 Å². The highest BCUT2D eigenvalue weighted by molar-refractivity contribution is 14.1. The Morgan fingerprint density at radius 2 is 1.73 bits per heavy atom. The zero-order chi connectivity index (χ0) is 10.8. The molecule has 1 aromatic carbocycles. The lowest BCUT2D eigenvalue weighted by molar-refractivity contribution is 0.352. The van der Waals surface area contributed by atoms with Crippen molar-refractivity contribution >= 4 is 22.9 Å². The molecular formula is C11H14INO2. The lowest BCUT2D eigenvalue weighted by Crippen LogP contribution is -2.21. The summed E-state index contributed by atoms with van der Waals surface area (Å²) in [5.41, 5.74) is 2.72. The highest BCUT2D eigenvalue weighted by Crippen LogP contribution is 2.33. The molecule has 15 heavy (non-hydrogen) atoms. The summed E-state index contributed by atoms with van der Waals surface area (Å²) < 4.78 is 12.9. The van der Waals surface area contributed by atoms with Crippen molar-refractivity contribution in [1.29, 1.82) is 0 Å². The molecule has 0 bridgehead atoms. The summed E-state index contributed by atoms with van der Waals surface area (Å²) in [6.45, 7) is 2.08. The predicted octanol–water partition coefficient (Wildman–Crippen LogP) is 2.41. The molecule has 4 heteroatoms. The van der Waals surface area contributed by atoms with Crippen LogP contribution in [0, 0.1) is 0 Å². The Balaban J connectivity index is 2.41. The lowest BCUT2D eigenvalue weighted by Gasteiger charge is -2.24. The van der Waals surface area contributed by atoms with Crippen molar-refractivity contribution in [2.75, 3.05) is 20.8 Å². The van der Waals surface area contributed by atoms with E-state index in [0.717, 1.165) is 31.0 Å². The fraction of sp³-hybridized carbons (Fsp3) is 0.455. The monoisotopic (exact) mass is 319 g/mol. The Labute approximate surface area is 104 Å². The number of rotatable bonds is 2. The second-order valence-corrected chi connectivity index (χ2v) is 4.93. The maximum Gasteiger partial charge on any atom is 0.161 e. The number of ether oxygens (including phenoxy) is 2. The number of halogens is 1. The standard InChI is InChI=1S/C11H14INO2/c1-14-10-5-8-3-4-13(12)7-9(8)6-11(10)15-2/h5-6H,3-4,7H2,1-2H3. The van der Waals surface area contributed by atoms with Crippen LogP contribution in [0.1, 0.15) is 11.1 Å². The minimum absolute atomic E-state index is 0.822. The molecular weight excluding hydrogens is 305 g/mol. The number of hydrogen-bond donors (Lipinski definition) is 0. The van der Waals surface area contributed by atoms with Gasteiger partial charge in [-0.3, -0.25) is 0 Å². The van der Waals surface area contributed by atoms with Crippen LogP contribution < -0.4 is 9.47 Å². The van der Waals surface area contributed by atoms with Gasteiger partial charge in [0.05, 0.1) is 14.2 Å². The van der Waals surface area contributed by atoms with Gasteiger partial charge in [0.2, 0.25) is 0 Å². The molecule has 0 radical (unpaired) electrons. The summed E-state index contributed by atoms with van der Waals surface area (Å²) in [5, 5.41) is 0. The second-order valence-electron chi connectivity index (χ2n) is 3.57. The van der Waals surface area contributed by atoms with Crippen molar-refractivity contribution < 1.29 is 9.47 Å². The van der Waals surface area contributed by atoms with E-state index in [0.29, 0.717) is 0 Å². The number of nitrogens with zero attached hydrogens (tertiary/aromatic N) is 1. The third kappa shape index (κ3) is 2.20. The molecule has 1 aliphatic heterocycles. The average molecular weight is 319 g/mol. The van der Waals surface area contributed by atoms with Gasteiger partial charge in [-0.05, 0) is 29.7 Å². The molecule has 0 atom stereocenters. The van der Waals surface area contributed by atoms with Gasteiger partial charge in [-0.25, -0.2) is 3.11 Å². The summed E-state index contributed by atoms with van der Waals surface area (Å²) in [7, 11) is 3.35. The van der Waals surface area contributed by atoms with Crippen LogP contribution in [-0.4, -0.2) is 23.9 Å². The molecule has 1 aliphatic rings. The van der Waals surface area contributed by atoms with Gasteiger partial charge in [0.25, 0.3) is 0 Å². The fourth-order valence-electron chi connectivity index (χ4n) is 1.85. The first-order chi connectivity index (χ1) is 7.24. The van der Waals surface area contributed by atoms with Crippen LogP contribution in [0.15, 0.2) is 12.1 Å². The van der Waals surface area contributed by atoms with Crippen molar-refractivity contribution in [3.63, 3.8) is 0 Å². The van der Waals surface area contributed by atoms with Crippen molar-refractivity contribution in [2.45, 2.75) is 13.0 Å². The Morgan fingerprint density at radius 3 is 2.33 bits per heavy atom. The Kier molecular flexibility index (Phi) is 3.35. The Bertz CT molecular complexity index is 368. The van der Waals surface area contributed by atoms with Crippen LogP contribution in [0.5, 0.6) is 11.5 Å². The van der Waals surface area contributed by atoms with E-state index in [-0.39, 0.29) is 0 Å². The molecule has 0 unspecified atom stereocenters. The minimum Gasteiger partial charge on any atom is -0.493 e. The van der Waals surface area contributed by atoms with Gasteiger partial charge in [-0.2, -0.15) is 0 Å². The fourth-order valence-corrected chi connectivity index (χ4v) is 2.46. The number of hydrogen-bond acceptors (Lipinski definition) is 3. The largest absolute Gasteiger partial charge is 0.493 e. The van der Waals surface area contributed by atoms with Crippen molar-refractivity contribution in [3.8, 4) is 11.5 Å². The van der Waals surface area contributed by atoms with E-state index in [4.69, 9.17) is 9.47 Å². The van der Waals surface area contributed by atoms with Gasteiger partial charge < -0.3 is 9.47 Å². The number of fused-ring (bicyclic) bond motifs is 1. The molecule has 0 N–H and O–H groups in total. The molecule has 0 amide bonds. The first-order valence-corrected chi connectivity index (χ1v) is 5.85. The van der Waals surface area contributed by atoms with Gasteiger partial charge in [-0.15, -0.1) is 0 Å².